The SMILES string of the molecule is O=C1C(c2ccc3cccc4c3c2NC(C2CC2)(C2CC2)N4)=C(O)/C1=c1\ccc2cccc3c2c1=NC(C1CC1)(C1CC1)N3. The maximum Gasteiger partial charge on any atom is 0.201 e. The molecule has 0 atom stereocenters. The van der Waals surface area contributed by atoms with E-state index in [-0.39, 0.29) is 22.9 Å². The van der Waals surface area contributed by atoms with Crippen molar-refractivity contribution < 1.29 is 9.90 Å². The summed E-state index contributed by atoms with van der Waals surface area (Å²) in [4.78, 5) is 19.9. The van der Waals surface area contributed by atoms with Crippen LogP contribution in [0, 0.1) is 23.7 Å². The number of benzene rings is 4. The lowest BCUT2D eigenvalue weighted by Crippen LogP contribution is -2.52. The van der Waals surface area contributed by atoms with Crippen molar-refractivity contribution in [3.8, 4) is 0 Å². The molecule has 0 bridgehead atoms. The van der Waals surface area contributed by atoms with E-state index < -0.39 is 0 Å². The van der Waals surface area contributed by atoms with Crippen LogP contribution in [0.15, 0.2) is 71.4 Å². The van der Waals surface area contributed by atoms with Gasteiger partial charge in [-0.25, -0.2) is 0 Å². The first-order chi connectivity index (χ1) is 21.6. The van der Waals surface area contributed by atoms with E-state index in [1.807, 2.05) is 12.1 Å². The van der Waals surface area contributed by atoms with Gasteiger partial charge in [0.25, 0.3) is 0 Å². The van der Waals surface area contributed by atoms with E-state index >= 15 is 0 Å². The summed E-state index contributed by atoms with van der Waals surface area (Å²) in [5, 5.41) is 29.7. The maximum atomic E-state index is 14.3. The highest BCUT2D eigenvalue weighted by molar-refractivity contribution is 6.52. The molecule has 2 aliphatic heterocycles. The molecule has 11 rings (SSSR count). The fourth-order valence-corrected chi connectivity index (χ4v) is 8.98. The molecular weight excluding hydrogens is 544 g/mol. The van der Waals surface area contributed by atoms with Gasteiger partial charge in [0.15, 0.2) is 0 Å². The summed E-state index contributed by atoms with van der Waals surface area (Å²) in [5.41, 5.74) is 4.36. The van der Waals surface area contributed by atoms with E-state index in [0.29, 0.717) is 34.8 Å². The minimum absolute atomic E-state index is 0.0929. The molecule has 4 fully saturated rings. The van der Waals surface area contributed by atoms with Crippen molar-refractivity contribution in [2.45, 2.75) is 62.7 Å². The first kappa shape index (κ1) is 24.1. The zero-order valence-electron chi connectivity index (χ0n) is 24.5. The Kier molecular flexibility index (Phi) is 4.29. The minimum Gasteiger partial charge on any atom is -0.506 e. The molecule has 0 saturated heterocycles. The summed E-state index contributed by atoms with van der Waals surface area (Å²) < 4.78 is 0. The van der Waals surface area contributed by atoms with Gasteiger partial charge in [0, 0.05) is 56.6 Å². The van der Waals surface area contributed by atoms with Gasteiger partial charge in [-0.05, 0) is 74.3 Å². The van der Waals surface area contributed by atoms with Crippen LogP contribution in [-0.2, 0) is 4.79 Å². The Labute approximate surface area is 255 Å². The molecule has 6 nitrogen and oxygen atoms in total. The largest absolute Gasteiger partial charge is 0.506 e. The van der Waals surface area contributed by atoms with Crippen LogP contribution in [0.1, 0.15) is 56.9 Å². The lowest BCUT2D eigenvalue weighted by atomic mass is 9.79. The molecule has 0 amide bonds. The van der Waals surface area contributed by atoms with Crippen molar-refractivity contribution in [3.05, 3.63) is 82.6 Å². The van der Waals surface area contributed by atoms with Crippen LogP contribution in [0.25, 0.3) is 32.7 Å². The van der Waals surface area contributed by atoms with E-state index in [0.717, 1.165) is 54.7 Å². The molecule has 4 aromatic rings. The second-order valence-corrected chi connectivity index (χ2v) is 14.5. The predicted octanol–water partition coefficient (Wildman–Crippen LogP) is 6.61. The second-order valence-electron chi connectivity index (χ2n) is 14.5. The topological polar surface area (TPSA) is 85.8 Å². The van der Waals surface area contributed by atoms with Crippen molar-refractivity contribution in [2.24, 2.45) is 28.7 Å². The molecule has 2 heterocycles. The number of nitrogens with one attached hydrogen (secondary N) is 3. The van der Waals surface area contributed by atoms with Gasteiger partial charge < -0.3 is 21.1 Å². The lowest BCUT2D eigenvalue weighted by Gasteiger charge is -2.43. The molecule has 6 heteroatoms. The van der Waals surface area contributed by atoms with Gasteiger partial charge >= 0.3 is 0 Å². The summed E-state index contributed by atoms with van der Waals surface area (Å²) in [6.45, 7) is 0. The number of anilines is 3. The van der Waals surface area contributed by atoms with E-state index in [4.69, 9.17) is 4.99 Å². The standard InChI is InChI=1S/C38H34N4O2/c43-35-31(25-17-7-19-3-1-5-27-29(19)33(25)41-37(39-27,21-9-10-21)22-11-12-22)36(44)32(35)26-18-8-20-4-2-6-28-30(20)34(26)42-38(40-28,23-13-14-23)24-15-16-24/h1-8,17-18,21-24,39-41,43H,9-16H2/b32-26-. The van der Waals surface area contributed by atoms with Crippen molar-refractivity contribution in [1.82, 2.24) is 0 Å². The Morgan fingerprint density at radius 1 is 0.659 bits per heavy atom. The average Bonchev–Trinajstić information content (AvgIpc) is 3.85. The van der Waals surface area contributed by atoms with Crippen LogP contribution in [0.4, 0.5) is 17.1 Å². The molecule has 44 heavy (non-hydrogen) atoms. The predicted molar refractivity (Wildman–Crippen MR) is 174 cm³/mol. The Morgan fingerprint density at radius 3 is 1.91 bits per heavy atom. The van der Waals surface area contributed by atoms with Crippen LogP contribution in [-0.4, -0.2) is 22.2 Å². The van der Waals surface area contributed by atoms with Crippen LogP contribution < -0.4 is 26.5 Å². The monoisotopic (exact) mass is 578 g/mol. The highest BCUT2D eigenvalue weighted by atomic mass is 16.3. The van der Waals surface area contributed by atoms with Crippen molar-refractivity contribution in [2.75, 3.05) is 16.0 Å². The number of ketones is 1. The van der Waals surface area contributed by atoms with E-state index in [9.17, 15) is 9.90 Å². The van der Waals surface area contributed by atoms with Gasteiger partial charge in [-0.2, -0.15) is 0 Å². The van der Waals surface area contributed by atoms with Gasteiger partial charge in [-0.3, -0.25) is 9.79 Å². The molecule has 0 radical (unpaired) electrons. The summed E-state index contributed by atoms with van der Waals surface area (Å²) in [6.07, 6.45) is 9.58. The Bertz CT molecular complexity index is 2160. The number of hydrogen-bond donors (Lipinski definition) is 4. The van der Waals surface area contributed by atoms with Crippen molar-refractivity contribution in [3.63, 3.8) is 0 Å². The van der Waals surface area contributed by atoms with E-state index in [2.05, 4.69) is 64.5 Å². The normalized spacial score (nSPS) is 25.6. The smallest absolute Gasteiger partial charge is 0.201 e. The van der Waals surface area contributed by atoms with Crippen LogP contribution >= 0.6 is 0 Å². The van der Waals surface area contributed by atoms with Crippen LogP contribution in [0.3, 0.4) is 0 Å². The average molecular weight is 579 g/mol. The first-order valence-electron chi connectivity index (χ1n) is 16.6. The summed E-state index contributed by atoms with van der Waals surface area (Å²) >= 11 is 0. The van der Waals surface area contributed by atoms with Crippen LogP contribution in [0.5, 0.6) is 0 Å². The summed E-state index contributed by atoms with van der Waals surface area (Å²) in [7, 11) is 0. The summed E-state index contributed by atoms with van der Waals surface area (Å²) in [6, 6.07) is 21.0. The third kappa shape index (κ3) is 3.01. The molecular formula is C38H34N4O2. The highest BCUT2D eigenvalue weighted by Crippen LogP contribution is 2.58. The van der Waals surface area contributed by atoms with Crippen molar-refractivity contribution >= 4 is 55.5 Å². The van der Waals surface area contributed by atoms with Gasteiger partial charge in [-0.15, -0.1) is 0 Å². The lowest BCUT2D eigenvalue weighted by molar-refractivity contribution is -0.109. The van der Waals surface area contributed by atoms with E-state index in [1.54, 1.807) is 0 Å². The molecule has 5 aliphatic carbocycles. The summed E-state index contributed by atoms with van der Waals surface area (Å²) in [5.74, 6) is 2.18. The maximum absolute atomic E-state index is 14.3. The first-order valence-corrected chi connectivity index (χ1v) is 16.6. The zero-order chi connectivity index (χ0) is 28.9. The molecule has 4 aromatic carbocycles. The Balaban J connectivity index is 1.15. The molecule has 4 N–H and O–H groups in total. The molecule has 4 saturated carbocycles. The number of hydrogen-bond acceptors (Lipinski definition) is 6. The zero-order valence-corrected chi connectivity index (χ0v) is 24.5. The molecule has 0 aromatic heterocycles. The third-order valence-electron chi connectivity index (χ3n) is 11.7. The molecule has 0 unspecified atom stereocenters. The molecule has 0 spiro atoms. The number of nitrogens with zero attached hydrogens (tertiary/aromatic N) is 1. The molecule has 7 aliphatic rings. The molecule has 218 valence electrons. The quantitative estimate of drug-likeness (QED) is 0.214. The number of carbonyl (C=O) groups excluding carboxylic acids is 1. The number of aliphatic hydroxyl groups excluding tert-OH is 1. The highest BCUT2D eigenvalue weighted by Gasteiger charge is 2.57. The number of rotatable bonds is 5. The Morgan fingerprint density at radius 2 is 1.27 bits per heavy atom. The fourth-order valence-electron chi connectivity index (χ4n) is 8.98. The van der Waals surface area contributed by atoms with Crippen molar-refractivity contribution in [1.29, 1.82) is 0 Å². The number of Topliss-reactive ketones (excluding diaryl/α,β-unsaturated/α-hetero) is 1. The second kappa shape index (κ2) is 7.84. The van der Waals surface area contributed by atoms with Crippen LogP contribution in [0.2, 0.25) is 0 Å². The van der Waals surface area contributed by atoms with Gasteiger partial charge in [-0.1, -0.05) is 48.5 Å². The number of carbonyl (C=O) groups is 1. The van der Waals surface area contributed by atoms with Gasteiger partial charge in [0.05, 0.1) is 22.2 Å². The third-order valence-corrected chi connectivity index (χ3v) is 11.7. The number of allylic oxidation sites excluding steroid dienone is 2. The number of aliphatic hydroxyl groups is 1. The van der Waals surface area contributed by atoms with E-state index in [1.165, 1.54) is 51.4 Å². The minimum atomic E-state index is -0.308. The van der Waals surface area contributed by atoms with Gasteiger partial charge in [0.1, 0.15) is 17.1 Å². The Hall–Kier alpha value is -4.32. The van der Waals surface area contributed by atoms with Gasteiger partial charge in [0.2, 0.25) is 5.78 Å². The fraction of sp³-hybridized carbons (Fsp3) is 0.368.